The average Bonchev–Trinajstić information content (AvgIpc) is 2.38. The van der Waals surface area contributed by atoms with Crippen molar-refractivity contribution >= 4 is 21.7 Å². The summed E-state index contributed by atoms with van der Waals surface area (Å²) >= 11 is 0. The molecule has 7 nitrogen and oxygen atoms in total. The summed E-state index contributed by atoms with van der Waals surface area (Å²) in [6.45, 7) is -0.194. The molecule has 0 aliphatic carbocycles. The van der Waals surface area contributed by atoms with Crippen LogP contribution in [0.3, 0.4) is 0 Å². The summed E-state index contributed by atoms with van der Waals surface area (Å²) in [5, 5.41) is 2.41. The first-order chi connectivity index (χ1) is 9.65. The number of benzene rings is 1. The molecule has 0 radical (unpaired) electrons. The Morgan fingerprint density at radius 2 is 1.90 bits per heavy atom. The monoisotopic (exact) mass is 322 g/mol. The van der Waals surface area contributed by atoms with E-state index in [1.807, 2.05) is 4.72 Å². The number of anilines is 1. The van der Waals surface area contributed by atoms with Crippen LogP contribution in [0.4, 0.5) is 19.3 Å². The molecule has 0 unspecified atom stereocenters. The molecule has 2 amide bonds. The van der Waals surface area contributed by atoms with Crippen molar-refractivity contribution in [3.63, 3.8) is 0 Å². The lowest BCUT2D eigenvalue weighted by molar-refractivity contribution is 0.217. The number of hydrogen-bond acceptors (Lipinski definition) is 4. The van der Waals surface area contributed by atoms with E-state index < -0.39 is 32.6 Å². The van der Waals surface area contributed by atoms with Gasteiger partial charge in [-0.05, 0) is 12.1 Å². The van der Waals surface area contributed by atoms with Gasteiger partial charge in [-0.15, -0.1) is 0 Å². The van der Waals surface area contributed by atoms with Crippen LogP contribution in [0.1, 0.15) is 0 Å². The summed E-state index contributed by atoms with van der Waals surface area (Å²) in [7, 11) is -1.23. The van der Waals surface area contributed by atoms with Gasteiger partial charge in [-0.1, -0.05) is 0 Å². The van der Waals surface area contributed by atoms with Crippen LogP contribution in [0, 0.1) is 11.6 Å². The molecule has 0 heterocycles. The van der Waals surface area contributed by atoms with Gasteiger partial charge in [0.1, 0.15) is 4.90 Å². The minimum absolute atomic E-state index is 0.0112. The van der Waals surface area contributed by atoms with E-state index in [9.17, 15) is 22.0 Å². The van der Waals surface area contributed by atoms with Crippen molar-refractivity contribution in [3.8, 4) is 0 Å². The second-order valence-electron chi connectivity index (χ2n) is 4.34. The normalized spacial score (nSPS) is 11.2. The lowest BCUT2D eigenvalue weighted by Gasteiger charge is -2.12. The highest BCUT2D eigenvalue weighted by atomic mass is 32.2. The highest BCUT2D eigenvalue weighted by Crippen LogP contribution is 2.20. The van der Waals surface area contributed by atoms with Gasteiger partial charge in [-0.2, -0.15) is 0 Å². The number of nitrogens with zero attached hydrogens (tertiary/aromatic N) is 1. The Morgan fingerprint density at radius 3 is 2.48 bits per heavy atom. The molecule has 0 bridgehead atoms. The zero-order chi connectivity index (χ0) is 16.2. The number of amides is 2. The van der Waals surface area contributed by atoms with Crippen LogP contribution in [0.25, 0.3) is 0 Å². The molecule has 10 heteroatoms. The molecule has 1 aromatic rings. The first kappa shape index (κ1) is 17.1. The maximum Gasteiger partial charge on any atom is 0.316 e. The Morgan fingerprint density at radius 1 is 1.29 bits per heavy atom. The smallest absolute Gasteiger partial charge is 0.316 e. The first-order valence-electron chi connectivity index (χ1n) is 5.84. The quantitative estimate of drug-likeness (QED) is 0.528. The summed E-state index contributed by atoms with van der Waals surface area (Å²) in [4.78, 5) is 11.6. The summed E-state index contributed by atoms with van der Waals surface area (Å²) in [6, 6.07) is 1.10. The van der Waals surface area contributed by atoms with Crippen LogP contribution >= 0.6 is 0 Å². The van der Waals surface area contributed by atoms with Crippen molar-refractivity contribution in [1.82, 2.24) is 14.9 Å². The standard InChI is InChI=1S/C11H16F2N4O3S/c1-17(2)11(18)15-3-4-16-21(19,20)9-6-7(14)5-8(12)10(9)13/h5-6,16H,3-4,14H2,1-2H3,(H,15,18). The van der Waals surface area contributed by atoms with Gasteiger partial charge in [-0.25, -0.2) is 26.7 Å². The molecular weight excluding hydrogens is 306 g/mol. The minimum atomic E-state index is -4.26. The van der Waals surface area contributed by atoms with E-state index in [-0.39, 0.29) is 18.8 Å². The number of nitrogen functional groups attached to an aromatic ring is 1. The topological polar surface area (TPSA) is 105 Å². The maximum absolute atomic E-state index is 13.5. The molecule has 0 saturated heterocycles. The number of halogens is 2. The molecule has 0 aliphatic heterocycles. The molecule has 0 fully saturated rings. The molecule has 1 aromatic carbocycles. The predicted octanol–water partition coefficient (Wildman–Crippen LogP) is 0.0965. The number of nitrogens with one attached hydrogen (secondary N) is 2. The van der Waals surface area contributed by atoms with Gasteiger partial charge < -0.3 is 16.0 Å². The maximum atomic E-state index is 13.5. The molecule has 0 saturated carbocycles. The van der Waals surface area contributed by atoms with Gasteiger partial charge in [0.05, 0.1) is 0 Å². The van der Waals surface area contributed by atoms with E-state index in [4.69, 9.17) is 5.73 Å². The molecule has 0 aromatic heterocycles. The lowest BCUT2D eigenvalue weighted by atomic mass is 10.3. The van der Waals surface area contributed by atoms with E-state index in [1.165, 1.54) is 19.0 Å². The summed E-state index contributed by atoms with van der Waals surface area (Å²) in [6.07, 6.45) is 0. The zero-order valence-corrected chi connectivity index (χ0v) is 12.3. The highest BCUT2D eigenvalue weighted by molar-refractivity contribution is 7.89. The average molecular weight is 322 g/mol. The Labute approximate surface area is 121 Å². The predicted molar refractivity (Wildman–Crippen MR) is 73.0 cm³/mol. The summed E-state index contributed by atoms with van der Waals surface area (Å²) in [5.74, 6) is -2.86. The number of hydrogen-bond donors (Lipinski definition) is 3. The molecule has 4 N–H and O–H groups in total. The van der Waals surface area contributed by atoms with Gasteiger partial charge in [0.2, 0.25) is 10.0 Å². The number of sulfonamides is 1. The van der Waals surface area contributed by atoms with Crippen LogP contribution in [0.2, 0.25) is 0 Å². The molecule has 0 spiro atoms. The van der Waals surface area contributed by atoms with Gasteiger partial charge in [0, 0.05) is 32.9 Å². The second-order valence-corrected chi connectivity index (χ2v) is 6.07. The van der Waals surface area contributed by atoms with Gasteiger partial charge >= 0.3 is 6.03 Å². The third-order valence-corrected chi connectivity index (χ3v) is 3.87. The Hall–Kier alpha value is -1.94. The summed E-state index contributed by atoms with van der Waals surface area (Å²) in [5.41, 5.74) is 5.08. The van der Waals surface area contributed by atoms with Crippen LogP contribution < -0.4 is 15.8 Å². The largest absolute Gasteiger partial charge is 0.399 e. The van der Waals surface area contributed by atoms with Crippen molar-refractivity contribution in [2.24, 2.45) is 0 Å². The Balaban J connectivity index is 2.73. The SMILES string of the molecule is CN(C)C(=O)NCCNS(=O)(=O)c1cc(N)cc(F)c1F. The molecular formula is C11H16F2N4O3S. The summed E-state index contributed by atoms with van der Waals surface area (Å²) < 4.78 is 52.4. The fourth-order valence-electron chi connectivity index (χ4n) is 1.37. The molecule has 1 rings (SSSR count). The molecule has 21 heavy (non-hydrogen) atoms. The third kappa shape index (κ3) is 4.53. The van der Waals surface area contributed by atoms with Crippen LogP contribution in [0.5, 0.6) is 0 Å². The van der Waals surface area contributed by atoms with E-state index >= 15 is 0 Å². The van der Waals surface area contributed by atoms with Crippen molar-refractivity contribution in [2.45, 2.75) is 4.90 Å². The van der Waals surface area contributed by atoms with Gasteiger partial charge in [0.25, 0.3) is 0 Å². The lowest BCUT2D eigenvalue weighted by Crippen LogP contribution is -2.39. The zero-order valence-electron chi connectivity index (χ0n) is 11.5. The van der Waals surface area contributed by atoms with Crippen LogP contribution in [-0.2, 0) is 10.0 Å². The Bertz CT molecular complexity index is 635. The fourth-order valence-corrected chi connectivity index (χ4v) is 2.52. The van der Waals surface area contributed by atoms with Crippen molar-refractivity contribution < 1.29 is 22.0 Å². The first-order valence-corrected chi connectivity index (χ1v) is 7.33. The molecule has 0 atom stereocenters. The fraction of sp³-hybridized carbons (Fsp3) is 0.364. The van der Waals surface area contributed by atoms with Crippen molar-refractivity contribution in [1.29, 1.82) is 0 Å². The number of nitrogens with two attached hydrogens (primary N) is 1. The third-order valence-electron chi connectivity index (χ3n) is 2.41. The van der Waals surface area contributed by atoms with Crippen LogP contribution in [0.15, 0.2) is 17.0 Å². The van der Waals surface area contributed by atoms with Gasteiger partial charge in [0.15, 0.2) is 11.6 Å². The van der Waals surface area contributed by atoms with Crippen LogP contribution in [-0.4, -0.2) is 46.5 Å². The number of carbonyl (C=O) groups is 1. The molecule has 0 aliphatic rings. The van der Waals surface area contributed by atoms with Gasteiger partial charge in [-0.3, -0.25) is 0 Å². The number of rotatable bonds is 5. The number of urea groups is 1. The van der Waals surface area contributed by atoms with Crippen molar-refractivity contribution in [3.05, 3.63) is 23.8 Å². The minimum Gasteiger partial charge on any atom is -0.399 e. The molecule has 118 valence electrons. The number of carbonyl (C=O) groups excluding carboxylic acids is 1. The van der Waals surface area contributed by atoms with E-state index in [1.54, 1.807) is 0 Å². The van der Waals surface area contributed by atoms with Crippen molar-refractivity contribution in [2.75, 3.05) is 32.9 Å². The van der Waals surface area contributed by atoms with E-state index in [0.717, 1.165) is 6.07 Å². The Kier molecular flexibility index (Phi) is 5.44. The highest BCUT2D eigenvalue weighted by Gasteiger charge is 2.22. The van der Waals surface area contributed by atoms with E-state index in [2.05, 4.69) is 5.32 Å². The van der Waals surface area contributed by atoms with E-state index in [0.29, 0.717) is 6.07 Å². The second kappa shape index (κ2) is 6.68.